The summed E-state index contributed by atoms with van der Waals surface area (Å²) in [6.07, 6.45) is 1.68. The molecule has 0 saturated carbocycles. The van der Waals surface area contributed by atoms with Gasteiger partial charge in [0.05, 0.1) is 7.11 Å². The number of para-hydroxylation sites is 1. The van der Waals surface area contributed by atoms with Crippen molar-refractivity contribution in [2.24, 2.45) is 0 Å². The Morgan fingerprint density at radius 1 is 1.13 bits per heavy atom. The van der Waals surface area contributed by atoms with E-state index in [-0.39, 0.29) is 18.3 Å². The van der Waals surface area contributed by atoms with Crippen molar-refractivity contribution in [3.8, 4) is 11.5 Å². The first-order chi connectivity index (χ1) is 11.2. The molecule has 0 fully saturated rings. The molecule has 2 aromatic carbocycles. The highest BCUT2D eigenvalue weighted by Crippen LogP contribution is 2.15. The van der Waals surface area contributed by atoms with Crippen LogP contribution < -0.4 is 14.8 Å². The van der Waals surface area contributed by atoms with E-state index >= 15 is 0 Å². The summed E-state index contributed by atoms with van der Waals surface area (Å²) >= 11 is 0. The molecule has 0 aliphatic heterocycles. The molecule has 0 bridgehead atoms. The summed E-state index contributed by atoms with van der Waals surface area (Å²) in [5.41, 5.74) is 1.18. The molecule has 4 nitrogen and oxygen atoms in total. The molecule has 0 radical (unpaired) electrons. The van der Waals surface area contributed by atoms with E-state index in [0.29, 0.717) is 6.54 Å². The van der Waals surface area contributed by atoms with Crippen LogP contribution in [0.4, 0.5) is 4.39 Å². The van der Waals surface area contributed by atoms with Crippen molar-refractivity contribution in [3.63, 3.8) is 0 Å². The van der Waals surface area contributed by atoms with E-state index in [1.54, 1.807) is 19.2 Å². The van der Waals surface area contributed by atoms with Crippen molar-refractivity contribution in [1.29, 1.82) is 0 Å². The highest BCUT2D eigenvalue weighted by Gasteiger charge is 2.05. The highest BCUT2D eigenvalue weighted by molar-refractivity contribution is 5.77. The van der Waals surface area contributed by atoms with Crippen LogP contribution >= 0.6 is 0 Å². The van der Waals surface area contributed by atoms with Crippen molar-refractivity contribution in [3.05, 3.63) is 59.9 Å². The van der Waals surface area contributed by atoms with E-state index in [1.807, 2.05) is 24.3 Å². The van der Waals surface area contributed by atoms with E-state index < -0.39 is 5.82 Å². The van der Waals surface area contributed by atoms with Gasteiger partial charge in [-0.3, -0.25) is 4.79 Å². The summed E-state index contributed by atoms with van der Waals surface area (Å²) < 4.78 is 23.6. The lowest BCUT2D eigenvalue weighted by atomic mass is 10.1. The van der Waals surface area contributed by atoms with Gasteiger partial charge in [0.15, 0.2) is 18.2 Å². The summed E-state index contributed by atoms with van der Waals surface area (Å²) in [4.78, 5) is 11.6. The minimum absolute atomic E-state index is 0.0842. The van der Waals surface area contributed by atoms with Gasteiger partial charge in [-0.05, 0) is 42.7 Å². The molecule has 0 spiro atoms. The second-order valence-corrected chi connectivity index (χ2v) is 5.02. The number of methoxy groups -OCH3 is 1. The third kappa shape index (κ3) is 5.62. The molecule has 0 aliphatic rings. The number of hydrogen-bond acceptors (Lipinski definition) is 3. The Hall–Kier alpha value is -2.56. The lowest BCUT2D eigenvalue weighted by molar-refractivity contribution is -0.123. The number of carbonyl (C=O) groups excluding carboxylic acids is 1. The van der Waals surface area contributed by atoms with Crippen molar-refractivity contribution in [2.45, 2.75) is 12.8 Å². The molecule has 1 amide bonds. The van der Waals surface area contributed by atoms with Crippen LogP contribution in [0.15, 0.2) is 48.5 Å². The molecule has 23 heavy (non-hydrogen) atoms. The lowest BCUT2D eigenvalue weighted by Crippen LogP contribution is -2.30. The SMILES string of the molecule is COc1ccc(CCCNC(=O)COc2ccccc2F)cc1. The van der Waals surface area contributed by atoms with Gasteiger partial charge in [0.1, 0.15) is 5.75 Å². The summed E-state index contributed by atoms with van der Waals surface area (Å²) in [5.74, 6) is 0.177. The maximum atomic E-state index is 13.3. The number of amides is 1. The number of carbonyl (C=O) groups is 1. The largest absolute Gasteiger partial charge is 0.497 e. The van der Waals surface area contributed by atoms with Gasteiger partial charge in [-0.1, -0.05) is 24.3 Å². The Balaban J connectivity index is 1.63. The maximum Gasteiger partial charge on any atom is 0.257 e. The quantitative estimate of drug-likeness (QED) is 0.762. The van der Waals surface area contributed by atoms with Gasteiger partial charge >= 0.3 is 0 Å². The fraction of sp³-hybridized carbons (Fsp3) is 0.278. The van der Waals surface area contributed by atoms with Crippen molar-refractivity contribution in [2.75, 3.05) is 20.3 Å². The topological polar surface area (TPSA) is 47.6 Å². The molecule has 0 heterocycles. The Morgan fingerprint density at radius 2 is 1.87 bits per heavy atom. The van der Waals surface area contributed by atoms with Gasteiger partial charge in [-0.25, -0.2) is 4.39 Å². The predicted octanol–water partition coefficient (Wildman–Crippen LogP) is 2.96. The first-order valence-electron chi connectivity index (χ1n) is 7.46. The lowest BCUT2D eigenvalue weighted by Gasteiger charge is -2.08. The van der Waals surface area contributed by atoms with Crippen molar-refractivity contribution in [1.82, 2.24) is 5.32 Å². The molecule has 2 aromatic rings. The smallest absolute Gasteiger partial charge is 0.257 e. The molecule has 0 atom stereocenters. The fourth-order valence-corrected chi connectivity index (χ4v) is 2.07. The molecule has 0 aliphatic carbocycles. The minimum atomic E-state index is -0.472. The van der Waals surface area contributed by atoms with Crippen LogP contribution in [0.5, 0.6) is 11.5 Å². The minimum Gasteiger partial charge on any atom is -0.497 e. The van der Waals surface area contributed by atoms with Gasteiger partial charge in [0, 0.05) is 6.54 Å². The average Bonchev–Trinajstić information content (AvgIpc) is 2.58. The van der Waals surface area contributed by atoms with Crippen LogP contribution in [0.1, 0.15) is 12.0 Å². The standard InChI is InChI=1S/C18H20FNO3/c1-22-15-10-8-14(9-11-15)5-4-12-20-18(21)13-23-17-7-3-2-6-16(17)19/h2-3,6-11H,4-5,12-13H2,1H3,(H,20,21). The van der Waals surface area contributed by atoms with Crippen LogP contribution in [-0.2, 0) is 11.2 Å². The molecule has 0 unspecified atom stereocenters. The first kappa shape index (κ1) is 16.8. The monoisotopic (exact) mass is 317 g/mol. The van der Waals surface area contributed by atoms with E-state index in [9.17, 15) is 9.18 Å². The average molecular weight is 317 g/mol. The van der Waals surface area contributed by atoms with Gasteiger partial charge in [-0.2, -0.15) is 0 Å². The number of benzene rings is 2. The highest BCUT2D eigenvalue weighted by atomic mass is 19.1. The van der Waals surface area contributed by atoms with Gasteiger partial charge in [0.25, 0.3) is 5.91 Å². The number of hydrogen-bond donors (Lipinski definition) is 1. The van der Waals surface area contributed by atoms with E-state index in [1.165, 1.54) is 17.7 Å². The number of halogens is 1. The molecule has 0 aromatic heterocycles. The zero-order valence-electron chi connectivity index (χ0n) is 13.0. The summed E-state index contributed by atoms with van der Waals surface area (Å²) in [6, 6.07) is 13.8. The summed E-state index contributed by atoms with van der Waals surface area (Å²) in [7, 11) is 1.63. The third-order valence-electron chi connectivity index (χ3n) is 3.32. The van der Waals surface area contributed by atoms with Crippen LogP contribution in [-0.4, -0.2) is 26.2 Å². The molecular formula is C18H20FNO3. The number of rotatable bonds is 8. The maximum absolute atomic E-state index is 13.3. The molecule has 122 valence electrons. The second kappa shape index (κ2) is 8.78. The van der Waals surface area contributed by atoms with Gasteiger partial charge in [-0.15, -0.1) is 0 Å². The fourth-order valence-electron chi connectivity index (χ4n) is 2.07. The van der Waals surface area contributed by atoms with Crippen molar-refractivity contribution < 1.29 is 18.7 Å². The Bertz CT molecular complexity index is 628. The Kier molecular flexibility index (Phi) is 6.41. The van der Waals surface area contributed by atoms with Crippen LogP contribution in [0.2, 0.25) is 0 Å². The van der Waals surface area contributed by atoms with Gasteiger partial charge < -0.3 is 14.8 Å². The Labute approximate surface area is 135 Å². The van der Waals surface area contributed by atoms with Crippen LogP contribution in [0.3, 0.4) is 0 Å². The normalized spacial score (nSPS) is 10.2. The number of ether oxygens (including phenoxy) is 2. The molecule has 1 N–H and O–H groups in total. The zero-order chi connectivity index (χ0) is 16.5. The number of aryl methyl sites for hydroxylation is 1. The Morgan fingerprint density at radius 3 is 2.57 bits per heavy atom. The van der Waals surface area contributed by atoms with E-state index in [0.717, 1.165) is 18.6 Å². The third-order valence-corrected chi connectivity index (χ3v) is 3.32. The molecular weight excluding hydrogens is 297 g/mol. The van der Waals surface area contributed by atoms with E-state index in [4.69, 9.17) is 9.47 Å². The zero-order valence-corrected chi connectivity index (χ0v) is 13.0. The summed E-state index contributed by atoms with van der Waals surface area (Å²) in [6.45, 7) is 0.356. The second-order valence-electron chi connectivity index (χ2n) is 5.02. The predicted molar refractivity (Wildman–Crippen MR) is 86.2 cm³/mol. The van der Waals surface area contributed by atoms with Crippen molar-refractivity contribution >= 4 is 5.91 Å². The molecule has 0 saturated heterocycles. The summed E-state index contributed by atoms with van der Waals surface area (Å²) in [5, 5.41) is 2.75. The van der Waals surface area contributed by atoms with E-state index in [2.05, 4.69) is 5.32 Å². The van der Waals surface area contributed by atoms with Crippen LogP contribution in [0.25, 0.3) is 0 Å². The molecule has 5 heteroatoms. The molecule has 2 rings (SSSR count). The first-order valence-corrected chi connectivity index (χ1v) is 7.46. The number of nitrogens with one attached hydrogen (secondary N) is 1. The van der Waals surface area contributed by atoms with Crippen LogP contribution in [0, 0.1) is 5.82 Å². The van der Waals surface area contributed by atoms with Gasteiger partial charge in [0.2, 0.25) is 0 Å².